The average Bonchev–Trinajstić information content (AvgIpc) is 2.52. The van der Waals surface area contributed by atoms with Crippen LogP contribution < -0.4 is 11.1 Å². The lowest BCUT2D eigenvalue weighted by Crippen LogP contribution is -2.12. The molecule has 0 spiro atoms. The van der Waals surface area contributed by atoms with E-state index >= 15 is 0 Å². The Bertz CT molecular complexity index is 338. The number of carbonyl (C=O) groups is 1. The molecule has 4 nitrogen and oxygen atoms in total. The van der Waals surface area contributed by atoms with Crippen molar-refractivity contribution in [2.75, 3.05) is 12.3 Å². The highest BCUT2D eigenvalue weighted by molar-refractivity contribution is 5.69. The van der Waals surface area contributed by atoms with E-state index in [0.29, 0.717) is 12.2 Å². The minimum absolute atomic E-state index is 0.198. The number of benzene rings is 1. The van der Waals surface area contributed by atoms with Gasteiger partial charge in [0.15, 0.2) is 0 Å². The van der Waals surface area contributed by atoms with Gasteiger partial charge in [0.1, 0.15) is 6.10 Å². The number of nitrogens with two attached hydrogens (primary N) is 1. The van der Waals surface area contributed by atoms with Gasteiger partial charge in [-0.3, -0.25) is 0 Å². The summed E-state index contributed by atoms with van der Waals surface area (Å²) < 4.78 is 5.00. The number of cyclic esters (lactones) is 1. The summed E-state index contributed by atoms with van der Waals surface area (Å²) >= 11 is 0. The van der Waals surface area contributed by atoms with Gasteiger partial charge in [-0.2, -0.15) is 0 Å². The predicted octanol–water partition coefficient (Wildman–Crippen LogP) is 1.05. The van der Waals surface area contributed by atoms with Gasteiger partial charge in [0.05, 0.1) is 6.54 Å². The Balaban J connectivity index is 2.21. The number of rotatable bonds is 1. The van der Waals surface area contributed by atoms with E-state index in [1.807, 2.05) is 18.2 Å². The van der Waals surface area contributed by atoms with E-state index in [9.17, 15) is 4.79 Å². The molecule has 13 heavy (non-hydrogen) atoms. The summed E-state index contributed by atoms with van der Waals surface area (Å²) in [6, 6.07) is 7.34. The zero-order valence-electron chi connectivity index (χ0n) is 6.99. The fraction of sp³-hybridized carbons (Fsp3) is 0.222. The summed E-state index contributed by atoms with van der Waals surface area (Å²) in [5.74, 6) is 0. The molecule has 3 N–H and O–H groups in total. The molecule has 1 fully saturated rings. The maximum absolute atomic E-state index is 10.7. The number of ether oxygens (including phenoxy) is 1. The standard InChI is InChI=1S/C9H10N2O2/c10-7-3-1-2-6(4-7)8-5-11-9(12)13-8/h1-4,8H,5,10H2,(H,11,12). The highest BCUT2D eigenvalue weighted by atomic mass is 16.6. The summed E-state index contributed by atoms with van der Waals surface area (Å²) in [7, 11) is 0. The maximum Gasteiger partial charge on any atom is 0.407 e. The first kappa shape index (κ1) is 7.91. The molecule has 0 bridgehead atoms. The lowest BCUT2D eigenvalue weighted by atomic mass is 10.1. The Morgan fingerprint density at radius 2 is 2.38 bits per heavy atom. The van der Waals surface area contributed by atoms with Gasteiger partial charge in [0.25, 0.3) is 0 Å². The third kappa shape index (κ3) is 1.56. The van der Waals surface area contributed by atoms with Gasteiger partial charge in [0, 0.05) is 5.69 Å². The second-order valence-corrected chi connectivity index (χ2v) is 2.94. The van der Waals surface area contributed by atoms with E-state index in [2.05, 4.69) is 5.32 Å². The van der Waals surface area contributed by atoms with Gasteiger partial charge in [-0.15, -0.1) is 0 Å². The van der Waals surface area contributed by atoms with Gasteiger partial charge < -0.3 is 15.8 Å². The molecular weight excluding hydrogens is 168 g/mol. The Labute approximate surface area is 75.7 Å². The van der Waals surface area contributed by atoms with Gasteiger partial charge in [-0.25, -0.2) is 4.79 Å². The van der Waals surface area contributed by atoms with Crippen molar-refractivity contribution >= 4 is 11.8 Å². The van der Waals surface area contributed by atoms with Crippen LogP contribution in [0.25, 0.3) is 0 Å². The minimum Gasteiger partial charge on any atom is -0.439 e. The number of amides is 1. The molecule has 4 heteroatoms. The third-order valence-electron chi connectivity index (χ3n) is 1.96. The monoisotopic (exact) mass is 178 g/mol. The zero-order chi connectivity index (χ0) is 9.26. The molecular formula is C9H10N2O2. The fourth-order valence-corrected chi connectivity index (χ4v) is 1.33. The SMILES string of the molecule is Nc1cccc(C2CNC(=O)O2)c1. The molecule has 0 saturated carbocycles. The van der Waals surface area contributed by atoms with Crippen LogP contribution in [-0.4, -0.2) is 12.6 Å². The third-order valence-corrected chi connectivity index (χ3v) is 1.96. The Morgan fingerprint density at radius 1 is 1.54 bits per heavy atom. The highest BCUT2D eigenvalue weighted by Gasteiger charge is 2.23. The fourth-order valence-electron chi connectivity index (χ4n) is 1.33. The Hall–Kier alpha value is -1.71. The van der Waals surface area contributed by atoms with Gasteiger partial charge in [0.2, 0.25) is 0 Å². The summed E-state index contributed by atoms with van der Waals surface area (Å²) in [5, 5.41) is 2.59. The molecule has 1 amide bonds. The van der Waals surface area contributed by atoms with Crippen LogP contribution >= 0.6 is 0 Å². The molecule has 1 saturated heterocycles. The average molecular weight is 178 g/mol. The number of hydrogen-bond donors (Lipinski definition) is 2. The summed E-state index contributed by atoms with van der Waals surface area (Å²) in [6.45, 7) is 0.516. The second kappa shape index (κ2) is 2.97. The number of hydrogen-bond acceptors (Lipinski definition) is 3. The lowest BCUT2D eigenvalue weighted by Gasteiger charge is -2.07. The summed E-state index contributed by atoms with van der Waals surface area (Å²) in [5.41, 5.74) is 7.21. The zero-order valence-corrected chi connectivity index (χ0v) is 6.99. The van der Waals surface area contributed by atoms with Crippen LogP contribution in [0.3, 0.4) is 0 Å². The van der Waals surface area contributed by atoms with Crippen molar-refractivity contribution in [3.8, 4) is 0 Å². The first-order chi connectivity index (χ1) is 6.25. The van der Waals surface area contributed by atoms with Crippen LogP contribution in [0.1, 0.15) is 11.7 Å². The van der Waals surface area contributed by atoms with Crippen molar-refractivity contribution in [1.29, 1.82) is 0 Å². The van der Waals surface area contributed by atoms with Crippen molar-refractivity contribution < 1.29 is 9.53 Å². The molecule has 2 rings (SSSR count). The van der Waals surface area contributed by atoms with E-state index in [4.69, 9.17) is 10.5 Å². The van der Waals surface area contributed by atoms with Gasteiger partial charge >= 0.3 is 6.09 Å². The van der Waals surface area contributed by atoms with Crippen LogP contribution in [0.4, 0.5) is 10.5 Å². The minimum atomic E-state index is -0.368. The summed E-state index contributed by atoms with van der Waals surface area (Å²) in [6.07, 6.45) is -0.566. The summed E-state index contributed by atoms with van der Waals surface area (Å²) in [4.78, 5) is 10.7. The van der Waals surface area contributed by atoms with Crippen molar-refractivity contribution in [3.05, 3.63) is 29.8 Å². The lowest BCUT2D eigenvalue weighted by molar-refractivity contribution is 0.141. The highest BCUT2D eigenvalue weighted by Crippen LogP contribution is 2.21. The Kier molecular flexibility index (Phi) is 1.81. The number of nitrogen functional groups attached to an aromatic ring is 1. The van der Waals surface area contributed by atoms with Crippen molar-refractivity contribution in [3.63, 3.8) is 0 Å². The normalized spacial score (nSPS) is 20.9. The van der Waals surface area contributed by atoms with E-state index in [1.165, 1.54) is 0 Å². The molecule has 1 atom stereocenters. The van der Waals surface area contributed by atoms with Crippen LogP contribution in [0, 0.1) is 0 Å². The molecule has 1 aromatic carbocycles. The smallest absolute Gasteiger partial charge is 0.407 e. The molecule has 1 heterocycles. The predicted molar refractivity (Wildman–Crippen MR) is 48.1 cm³/mol. The van der Waals surface area contributed by atoms with Crippen molar-refractivity contribution in [2.45, 2.75) is 6.10 Å². The number of alkyl carbamates (subject to hydrolysis) is 1. The first-order valence-electron chi connectivity index (χ1n) is 4.05. The van der Waals surface area contributed by atoms with E-state index < -0.39 is 0 Å². The molecule has 1 aliphatic rings. The molecule has 1 unspecified atom stereocenters. The first-order valence-corrected chi connectivity index (χ1v) is 4.05. The number of anilines is 1. The van der Waals surface area contributed by atoms with Crippen LogP contribution in [0.15, 0.2) is 24.3 Å². The molecule has 68 valence electrons. The van der Waals surface area contributed by atoms with Gasteiger partial charge in [-0.05, 0) is 17.7 Å². The number of carbonyl (C=O) groups excluding carboxylic acids is 1. The van der Waals surface area contributed by atoms with E-state index in [0.717, 1.165) is 5.56 Å². The molecule has 1 aromatic rings. The molecule has 0 aromatic heterocycles. The molecule has 0 aliphatic carbocycles. The second-order valence-electron chi connectivity index (χ2n) is 2.94. The van der Waals surface area contributed by atoms with E-state index in [-0.39, 0.29) is 12.2 Å². The van der Waals surface area contributed by atoms with Gasteiger partial charge in [-0.1, -0.05) is 12.1 Å². The van der Waals surface area contributed by atoms with Crippen LogP contribution in [-0.2, 0) is 4.74 Å². The maximum atomic E-state index is 10.7. The largest absolute Gasteiger partial charge is 0.439 e. The van der Waals surface area contributed by atoms with Crippen molar-refractivity contribution in [2.24, 2.45) is 0 Å². The van der Waals surface area contributed by atoms with Crippen LogP contribution in [0.5, 0.6) is 0 Å². The molecule has 1 aliphatic heterocycles. The van der Waals surface area contributed by atoms with E-state index in [1.54, 1.807) is 6.07 Å². The molecule has 0 radical (unpaired) electrons. The topological polar surface area (TPSA) is 64.3 Å². The van der Waals surface area contributed by atoms with Crippen LogP contribution in [0.2, 0.25) is 0 Å². The van der Waals surface area contributed by atoms with Crippen molar-refractivity contribution in [1.82, 2.24) is 5.32 Å². The number of nitrogens with one attached hydrogen (secondary N) is 1. The Morgan fingerprint density at radius 3 is 3.00 bits per heavy atom. The quantitative estimate of drug-likeness (QED) is 0.632.